The van der Waals surface area contributed by atoms with Crippen molar-refractivity contribution in [1.82, 2.24) is 9.97 Å². The zero-order chi connectivity index (χ0) is 19.4. The molecule has 3 N–H and O–H groups in total. The number of aromatic nitrogens is 2. The van der Waals surface area contributed by atoms with Crippen molar-refractivity contribution in [2.45, 2.75) is 6.36 Å². The van der Waals surface area contributed by atoms with Crippen LogP contribution in [-0.4, -0.2) is 23.4 Å². The van der Waals surface area contributed by atoms with Gasteiger partial charge in [0.05, 0.1) is 0 Å². The Balaban J connectivity index is 1.80. The number of ether oxygens (including phenoxy) is 1. The zero-order valence-corrected chi connectivity index (χ0v) is 14.2. The number of nitrogens with two attached hydrogens (primary N) is 1. The molecule has 0 fully saturated rings. The minimum atomic E-state index is -4.73. The lowest BCUT2D eigenvalue weighted by atomic mass is 10.2. The maximum Gasteiger partial charge on any atom is 0.573 e. The van der Waals surface area contributed by atoms with Crippen LogP contribution in [0.4, 0.5) is 41.9 Å². The van der Waals surface area contributed by atoms with E-state index in [4.69, 9.17) is 5.73 Å². The Labute approximate surface area is 153 Å². The van der Waals surface area contributed by atoms with Crippen LogP contribution >= 0.6 is 0 Å². The second-order valence-corrected chi connectivity index (χ2v) is 5.55. The predicted octanol–water partition coefficient (Wildman–Crippen LogP) is 4.47. The maximum absolute atomic E-state index is 12.2. The van der Waals surface area contributed by atoms with Gasteiger partial charge in [0.2, 0.25) is 0 Å². The molecule has 0 aliphatic heterocycles. The van der Waals surface area contributed by atoms with Crippen molar-refractivity contribution in [3.05, 3.63) is 60.9 Å². The molecule has 0 saturated carbocycles. The monoisotopic (exact) mass is 375 g/mol. The third-order valence-electron chi connectivity index (χ3n) is 3.67. The van der Waals surface area contributed by atoms with Gasteiger partial charge in [0, 0.05) is 18.4 Å². The Morgan fingerprint density at radius 3 is 2.30 bits per heavy atom. The van der Waals surface area contributed by atoms with Crippen LogP contribution in [0.15, 0.2) is 60.9 Å². The van der Waals surface area contributed by atoms with Gasteiger partial charge in [-0.1, -0.05) is 18.2 Å². The number of halogens is 3. The van der Waals surface area contributed by atoms with E-state index in [1.807, 2.05) is 42.3 Å². The summed E-state index contributed by atoms with van der Waals surface area (Å²) in [6.45, 7) is 0. The second-order valence-electron chi connectivity index (χ2n) is 5.55. The number of nitrogens with zero attached hydrogens (tertiary/aromatic N) is 3. The molecular formula is C18H16F3N5O. The number of rotatable bonds is 5. The standard InChI is InChI=1S/C18H16F3N5O/c1-26(13-5-3-2-4-6-13)17-15(22)16(23-11-24-17)25-12-7-9-14(10-8-12)27-18(19,20)21/h2-11H,22H2,1H3,(H,23,24,25). The Kier molecular flexibility index (Phi) is 5.02. The van der Waals surface area contributed by atoms with Gasteiger partial charge in [-0.15, -0.1) is 13.2 Å². The summed E-state index contributed by atoms with van der Waals surface area (Å²) in [5.41, 5.74) is 7.88. The fourth-order valence-corrected chi connectivity index (χ4v) is 2.40. The smallest absolute Gasteiger partial charge is 0.406 e. The van der Waals surface area contributed by atoms with Gasteiger partial charge in [0.1, 0.15) is 17.8 Å². The average Bonchev–Trinajstić information content (AvgIpc) is 2.64. The molecule has 0 saturated heterocycles. The number of hydrogen-bond acceptors (Lipinski definition) is 6. The summed E-state index contributed by atoms with van der Waals surface area (Å²) in [5, 5.41) is 2.97. The molecule has 27 heavy (non-hydrogen) atoms. The molecule has 0 amide bonds. The normalized spacial score (nSPS) is 11.1. The molecule has 6 nitrogen and oxygen atoms in total. The first kappa shape index (κ1) is 18.3. The van der Waals surface area contributed by atoms with Gasteiger partial charge in [-0.25, -0.2) is 9.97 Å². The third-order valence-corrected chi connectivity index (χ3v) is 3.67. The topological polar surface area (TPSA) is 76.3 Å². The molecule has 9 heteroatoms. The van der Waals surface area contributed by atoms with Gasteiger partial charge in [-0.05, 0) is 36.4 Å². The lowest BCUT2D eigenvalue weighted by molar-refractivity contribution is -0.274. The minimum Gasteiger partial charge on any atom is -0.406 e. The SMILES string of the molecule is CN(c1ccccc1)c1ncnc(Nc2ccc(OC(F)(F)F)cc2)c1N. The number of hydrogen-bond donors (Lipinski definition) is 2. The maximum atomic E-state index is 12.2. The number of para-hydroxylation sites is 1. The number of anilines is 5. The molecule has 0 bridgehead atoms. The molecule has 0 spiro atoms. The van der Waals surface area contributed by atoms with Crippen LogP contribution in [-0.2, 0) is 0 Å². The third kappa shape index (κ3) is 4.57. The lowest BCUT2D eigenvalue weighted by Gasteiger charge is -2.21. The van der Waals surface area contributed by atoms with Gasteiger partial charge >= 0.3 is 6.36 Å². The molecule has 0 unspecified atom stereocenters. The molecule has 0 aliphatic rings. The molecule has 3 aromatic rings. The Hall–Kier alpha value is -3.49. The van der Waals surface area contributed by atoms with E-state index in [-0.39, 0.29) is 5.75 Å². The number of benzene rings is 2. The summed E-state index contributed by atoms with van der Waals surface area (Å²) in [7, 11) is 1.82. The highest BCUT2D eigenvalue weighted by atomic mass is 19.4. The summed E-state index contributed by atoms with van der Waals surface area (Å²) in [4.78, 5) is 10.1. The number of alkyl halides is 3. The summed E-state index contributed by atoms with van der Waals surface area (Å²) < 4.78 is 40.5. The highest BCUT2D eigenvalue weighted by Crippen LogP contribution is 2.32. The molecule has 1 aromatic heterocycles. The Morgan fingerprint density at radius 1 is 1.00 bits per heavy atom. The van der Waals surface area contributed by atoms with Crippen molar-refractivity contribution in [3.8, 4) is 5.75 Å². The van der Waals surface area contributed by atoms with Crippen LogP contribution in [0, 0.1) is 0 Å². The fraction of sp³-hybridized carbons (Fsp3) is 0.111. The molecular weight excluding hydrogens is 359 g/mol. The summed E-state index contributed by atoms with van der Waals surface area (Å²) in [6.07, 6.45) is -3.38. The molecule has 2 aromatic carbocycles. The Morgan fingerprint density at radius 2 is 1.67 bits per heavy atom. The van der Waals surface area contributed by atoms with Gasteiger partial charge in [-0.2, -0.15) is 0 Å². The summed E-state index contributed by atoms with van der Waals surface area (Å²) in [6, 6.07) is 14.8. The fourth-order valence-electron chi connectivity index (χ4n) is 2.40. The van der Waals surface area contributed by atoms with Crippen LogP contribution in [0.5, 0.6) is 5.75 Å². The lowest BCUT2D eigenvalue weighted by Crippen LogP contribution is -2.17. The van der Waals surface area contributed by atoms with Crippen molar-refractivity contribution in [3.63, 3.8) is 0 Å². The summed E-state index contributed by atoms with van der Waals surface area (Å²) >= 11 is 0. The van der Waals surface area contributed by atoms with E-state index < -0.39 is 6.36 Å². The minimum absolute atomic E-state index is 0.305. The van der Waals surface area contributed by atoms with E-state index >= 15 is 0 Å². The van der Waals surface area contributed by atoms with E-state index in [9.17, 15) is 13.2 Å². The first-order valence-corrected chi connectivity index (χ1v) is 7.85. The molecule has 0 aliphatic carbocycles. The van der Waals surface area contributed by atoms with Crippen LogP contribution < -0.4 is 20.7 Å². The van der Waals surface area contributed by atoms with E-state index in [1.54, 1.807) is 0 Å². The van der Waals surface area contributed by atoms with Gasteiger partial charge in [-0.3, -0.25) is 0 Å². The van der Waals surface area contributed by atoms with Crippen LogP contribution in [0.1, 0.15) is 0 Å². The molecule has 0 radical (unpaired) electrons. The van der Waals surface area contributed by atoms with Crippen molar-refractivity contribution >= 4 is 28.7 Å². The zero-order valence-electron chi connectivity index (χ0n) is 14.2. The molecule has 140 valence electrons. The number of nitrogens with one attached hydrogen (secondary N) is 1. The largest absolute Gasteiger partial charge is 0.573 e. The summed E-state index contributed by atoms with van der Waals surface area (Å²) in [5.74, 6) is 0.524. The second kappa shape index (κ2) is 7.40. The van der Waals surface area contributed by atoms with Crippen molar-refractivity contribution < 1.29 is 17.9 Å². The first-order valence-electron chi connectivity index (χ1n) is 7.85. The predicted molar refractivity (Wildman–Crippen MR) is 97.4 cm³/mol. The van der Waals surface area contributed by atoms with Crippen molar-refractivity contribution in [2.24, 2.45) is 0 Å². The van der Waals surface area contributed by atoms with Gasteiger partial charge < -0.3 is 20.7 Å². The van der Waals surface area contributed by atoms with E-state index in [0.717, 1.165) is 5.69 Å². The molecule has 1 heterocycles. The highest BCUT2D eigenvalue weighted by molar-refractivity contribution is 5.81. The van der Waals surface area contributed by atoms with E-state index in [2.05, 4.69) is 20.0 Å². The highest BCUT2D eigenvalue weighted by Gasteiger charge is 2.30. The van der Waals surface area contributed by atoms with Crippen molar-refractivity contribution in [2.75, 3.05) is 23.0 Å². The quantitative estimate of drug-likeness (QED) is 0.685. The average molecular weight is 375 g/mol. The van der Waals surface area contributed by atoms with Crippen molar-refractivity contribution in [1.29, 1.82) is 0 Å². The first-order chi connectivity index (χ1) is 12.8. The molecule has 3 rings (SSSR count). The van der Waals surface area contributed by atoms with Crippen LogP contribution in [0.2, 0.25) is 0 Å². The number of nitrogen functional groups attached to an aromatic ring is 1. The van der Waals surface area contributed by atoms with Crippen LogP contribution in [0.3, 0.4) is 0 Å². The van der Waals surface area contributed by atoms with Gasteiger partial charge in [0.25, 0.3) is 0 Å². The molecule has 0 atom stereocenters. The van der Waals surface area contributed by atoms with E-state index in [1.165, 1.54) is 30.6 Å². The Bertz CT molecular complexity index is 901. The van der Waals surface area contributed by atoms with Gasteiger partial charge in [0.15, 0.2) is 11.6 Å². The van der Waals surface area contributed by atoms with Crippen LogP contribution in [0.25, 0.3) is 0 Å². The van der Waals surface area contributed by atoms with E-state index in [0.29, 0.717) is 23.0 Å².